The van der Waals surface area contributed by atoms with Crippen LogP contribution < -0.4 is 0 Å². The first-order valence-electron chi connectivity index (χ1n) is 16.3. The van der Waals surface area contributed by atoms with E-state index in [9.17, 15) is 46.0 Å². The lowest BCUT2D eigenvalue weighted by Crippen LogP contribution is -2.58. The molecular weight excluding hydrogens is 622 g/mol. The van der Waals surface area contributed by atoms with E-state index in [1.807, 2.05) is 41.3 Å². The highest BCUT2D eigenvalue weighted by Crippen LogP contribution is 2.54. The largest absolute Gasteiger partial charge is 0.396 e. The number of fused-ring (bicyclic) bond motifs is 5. The zero-order valence-corrected chi connectivity index (χ0v) is 26.6. The number of benzene rings is 2. The van der Waals surface area contributed by atoms with Crippen molar-refractivity contribution < 1.29 is 55.4 Å². The van der Waals surface area contributed by atoms with Gasteiger partial charge < -0.3 is 55.4 Å². The Bertz CT molecular complexity index is 1600. The Morgan fingerprint density at radius 1 is 0.729 bits per heavy atom. The average Bonchev–Trinajstić information content (AvgIpc) is 3.34. The van der Waals surface area contributed by atoms with E-state index < -0.39 is 79.3 Å². The van der Waals surface area contributed by atoms with Crippen LogP contribution in [-0.2, 0) is 14.9 Å². The lowest BCUT2D eigenvalue weighted by Gasteiger charge is -2.42. The molecule has 4 aliphatic rings. The van der Waals surface area contributed by atoms with E-state index in [4.69, 9.17) is 9.47 Å². The number of likely N-dealkylation sites (tertiary alicyclic amines) is 1. The third kappa shape index (κ3) is 6.30. The molecule has 3 saturated heterocycles. The first-order valence-corrected chi connectivity index (χ1v) is 16.3. The Balaban J connectivity index is 1.33. The lowest BCUT2D eigenvalue weighted by molar-refractivity contribution is -0.214. The third-order valence-electron chi connectivity index (χ3n) is 10.3. The zero-order chi connectivity index (χ0) is 34.3. The number of rotatable bonds is 4. The molecule has 3 fully saturated rings. The highest BCUT2D eigenvalue weighted by atomic mass is 16.5. The van der Waals surface area contributed by atoms with Gasteiger partial charge in [-0.15, -0.1) is 0 Å². The van der Waals surface area contributed by atoms with Crippen LogP contribution in [0.1, 0.15) is 48.4 Å². The molecule has 3 heterocycles. The van der Waals surface area contributed by atoms with E-state index in [0.717, 1.165) is 22.3 Å². The van der Waals surface area contributed by atoms with Crippen LogP contribution in [0.2, 0.25) is 0 Å². The fraction of sp³-hybridized carbons (Fsp3) is 0.556. The highest BCUT2D eigenvalue weighted by Gasteiger charge is 2.47. The van der Waals surface area contributed by atoms with Crippen molar-refractivity contribution in [2.24, 2.45) is 0 Å². The molecule has 0 saturated carbocycles. The van der Waals surface area contributed by atoms with Gasteiger partial charge >= 0.3 is 0 Å². The SMILES string of the molecule is CC(O)N1CCC2(CC1)c1cc(C#C[C@H]3O[C@H](CO)[C@@H](O)[C@H](O)[C@@H]3O)ccc1-c1ccc(C#C[C@H]3O[C@H](CCO)[C@@H](O)[C@H](O)[C@@H]3O)cc12. The van der Waals surface area contributed by atoms with Crippen LogP contribution in [0.4, 0.5) is 0 Å². The Labute approximate surface area is 278 Å². The van der Waals surface area contributed by atoms with E-state index in [-0.39, 0.29) is 13.0 Å². The average molecular weight is 666 g/mol. The van der Waals surface area contributed by atoms with Crippen LogP contribution in [-0.4, -0.2) is 144 Å². The minimum absolute atomic E-state index is 0.0844. The van der Waals surface area contributed by atoms with Gasteiger partial charge in [0.2, 0.25) is 0 Å². The maximum Gasteiger partial charge on any atom is 0.147 e. The van der Waals surface area contributed by atoms with Gasteiger partial charge in [-0.2, -0.15) is 0 Å². The Morgan fingerprint density at radius 3 is 1.67 bits per heavy atom. The minimum atomic E-state index is -1.52. The smallest absolute Gasteiger partial charge is 0.147 e. The fourth-order valence-electron chi connectivity index (χ4n) is 7.43. The number of aliphatic hydroxyl groups is 9. The van der Waals surface area contributed by atoms with Gasteiger partial charge in [-0.1, -0.05) is 35.8 Å². The highest BCUT2D eigenvalue weighted by molar-refractivity contribution is 5.82. The standard InChI is InChI=1S/C36H43NO11/c1-19(40)37-13-11-36(12-14-37)24-16-20(4-8-26-30(41)34(45)32(43)28(47-26)10-15-38)2-6-22(24)23-7-3-21(17-25(23)36)5-9-27-31(42)35(46)33(44)29(18-39)48-27/h2-3,6-7,16-17,19,26-35,38-46H,10-15,18H2,1H3/t19?,26-,27-,28-,29-,30-,31-,32-,33-,34-,35-/m1/s1. The van der Waals surface area contributed by atoms with Crippen molar-refractivity contribution in [1.29, 1.82) is 0 Å². The van der Waals surface area contributed by atoms with Crippen LogP contribution in [0, 0.1) is 23.7 Å². The molecule has 11 atom stereocenters. The van der Waals surface area contributed by atoms with Crippen LogP contribution >= 0.6 is 0 Å². The first-order chi connectivity index (χ1) is 23.0. The van der Waals surface area contributed by atoms with E-state index in [1.165, 1.54) is 0 Å². The van der Waals surface area contributed by atoms with Crippen LogP contribution in [0.3, 0.4) is 0 Å². The van der Waals surface area contributed by atoms with E-state index in [2.05, 4.69) is 23.7 Å². The topological polar surface area (TPSA) is 204 Å². The van der Waals surface area contributed by atoms with Crippen molar-refractivity contribution in [3.63, 3.8) is 0 Å². The summed E-state index contributed by atoms with van der Waals surface area (Å²) in [5.74, 6) is 11.9. The second kappa shape index (κ2) is 14.1. The van der Waals surface area contributed by atoms with Gasteiger partial charge in [0.1, 0.15) is 61.2 Å². The van der Waals surface area contributed by atoms with Gasteiger partial charge in [-0.05, 0) is 72.7 Å². The van der Waals surface area contributed by atoms with Crippen molar-refractivity contribution in [1.82, 2.24) is 4.90 Å². The van der Waals surface area contributed by atoms with Gasteiger partial charge in [0, 0.05) is 36.2 Å². The quantitative estimate of drug-likeness (QED) is 0.166. The molecule has 6 rings (SSSR count). The van der Waals surface area contributed by atoms with Crippen molar-refractivity contribution in [3.8, 4) is 34.8 Å². The molecule has 1 spiro atoms. The van der Waals surface area contributed by atoms with Crippen molar-refractivity contribution >= 4 is 0 Å². The molecule has 2 aromatic carbocycles. The predicted molar refractivity (Wildman–Crippen MR) is 171 cm³/mol. The molecule has 0 amide bonds. The summed E-state index contributed by atoms with van der Waals surface area (Å²) in [5.41, 5.74) is 5.07. The van der Waals surface area contributed by atoms with Gasteiger partial charge in [0.05, 0.1) is 12.7 Å². The number of aliphatic hydroxyl groups excluding tert-OH is 9. The molecule has 48 heavy (non-hydrogen) atoms. The monoisotopic (exact) mass is 665 g/mol. The molecule has 0 radical (unpaired) electrons. The number of hydrogen-bond acceptors (Lipinski definition) is 12. The molecule has 12 nitrogen and oxygen atoms in total. The molecule has 9 N–H and O–H groups in total. The Kier molecular flexibility index (Phi) is 10.3. The Hall–Kier alpha value is -2.92. The van der Waals surface area contributed by atoms with Crippen LogP contribution in [0.15, 0.2) is 36.4 Å². The number of piperidine rings is 1. The summed E-state index contributed by atoms with van der Waals surface area (Å²) in [6.45, 7) is 2.23. The van der Waals surface area contributed by atoms with Crippen molar-refractivity contribution in [2.45, 2.75) is 98.9 Å². The number of ether oxygens (including phenoxy) is 2. The van der Waals surface area contributed by atoms with Crippen molar-refractivity contribution in [3.05, 3.63) is 58.7 Å². The summed E-state index contributed by atoms with van der Waals surface area (Å²) in [4.78, 5) is 2.01. The van der Waals surface area contributed by atoms with E-state index in [1.54, 1.807) is 6.92 Å². The molecule has 0 aromatic heterocycles. The van der Waals surface area contributed by atoms with Crippen molar-refractivity contribution in [2.75, 3.05) is 26.3 Å². The summed E-state index contributed by atoms with van der Waals surface area (Å²) in [6, 6.07) is 11.8. The predicted octanol–water partition coefficient (Wildman–Crippen LogP) is -1.83. The van der Waals surface area contributed by atoms with Gasteiger partial charge in [-0.25, -0.2) is 0 Å². The summed E-state index contributed by atoms with van der Waals surface area (Å²) >= 11 is 0. The van der Waals surface area contributed by atoms with E-state index >= 15 is 0 Å². The summed E-state index contributed by atoms with van der Waals surface area (Å²) in [7, 11) is 0. The zero-order valence-electron chi connectivity index (χ0n) is 26.6. The molecule has 258 valence electrons. The minimum Gasteiger partial charge on any atom is -0.396 e. The fourth-order valence-corrected chi connectivity index (χ4v) is 7.43. The van der Waals surface area contributed by atoms with Gasteiger partial charge in [0.25, 0.3) is 0 Å². The molecular formula is C36H43NO11. The molecule has 0 bridgehead atoms. The summed E-state index contributed by atoms with van der Waals surface area (Å²) in [5, 5.41) is 91.0. The second-order valence-electron chi connectivity index (χ2n) is 13.1. The van der Waals surface area contributed by atoms with E-state index in [0.29, 0.717) is 37.1 Å². The van der Waals surface area contributed by atoms with Crippen LogP contribution in [0.25, 0.3) is 11.1 Å². The normalized spacial score (nSPS) is 34.7. The molecule has 1 aliphatic carbocycles. The van der Waals surface area contributed by atoms with Gasteiger partial charge in [-0.3, -0.25) is 4.90 Å². The summed E-state index contributed by atoms with van der Waals surface area (Å²) < 4.78 is 11.3. The molecule has 3 aliphatic heterocycles. The first kappa shape index (κ1) is 34.9. The number of hydrogen-bond donors (Lipinski definition) is 9. The molecule has 12 heteroatoms. The summed E-state index contributed by atoms with van der Waals surface area (Å²) in [6.07, 6.45) is -11.9. The van der Waals surface area contributed by atoms with Gasteiger partial charge in [0.15, 0.2) is 0 Å². The van der Waals surface area contributed by atoms with Crippen LogP contribution in [0.5, 0.6) is 0 Å². The molecule has 1 unspecified atom stereocenters. The maximum atomic E-state index is 10.5. The molecule has 2 aromatic rings. The Morgan fingerprint density at radius 2 is 1.21 bits per heavy atom. The third-order valence-corrected chi connectivity index (χ3v) is 10.3. The maximum absolute atomic E-state index is 10.5. The lowest BCUT2D eigenvalue weighted by atomic mass is 9.70. The number of nitrogens with zero attached hydrogens (tertiary/aromatic N) is 1. The second-order valence-corrected chi connectivity index (χ2v) is 13.1.